The van der Waals surface area contributed by atoms with Crippen molar-refractivity contribution in [3.63, 3.8) is 0 Å². The lowest BCUT2D eigenvalue weighted by molar-refractivity contribution is -0.142. The zero-order valence-electron chi connectivity index (χ0n) is 15.0. The summed E-state index contributed by atoms with van der Waals surface area (Å²) >= 11 is 0. The lowest BCUT2D eigenvalue weighted by Crippen LogP contribution is -2.43. The van der Waals surface area contributed by atoms with E-state index in [2.05, 4.69) is 6.08 Å². The molecule has 2 aliphatic carbocycles. The molecule has 0 aromatic carbocycles. The first-order valence-electron chi connectivity index (χ1n) is 9.08. The van der Waals surface area contributed by atoms with E-state index in [1.807, 2.05) is 0 Å². The summed E-state index contributed by atoms with van der Waals surface area (Å²) in [6.45, 7) is 5.88. The molecule has 3 rings (SSSR count). The van der Waals surface area contributed by atoms with Gasteiger partial charge in [0.1, 0.15) is 11.6 Å². The van der Waals surface area contributed by atoms with Crippen molar-refractivity contribution in [2.75, 3.05) is 6.54 Å². The summed E-state index contributed by atoms with van der Waals surface area (Å²) in [6, 6.07) is -0.760. The highest BCUT2D eigenvalue weighted by atomic mass is 16.6. The summed E-state index contributed by atoms with van der Waals surface area (Å²) < 4.78 is 5.38. The van der Waals surface area contributed by atoms with E-state index in [0.29, 0.717) is 18.4 Å². The normalized spacial score (nSPS) is 28.6. The summed E-state index contributed by atoms with van der Waals surface area (Å²) in [5.41, 5.74) is 1.46. The van der Waals surface area contributed by atoms with E-state index < -0.39 is 23.7 Å². The number of amides is 1. The molecule has 1 aliphatic heterocycles. The third-order valence-corrected chi connectivity index (χ3v) is 5.61. The van der Waals surface area contributed by atoms with Crippen LogP contribution in [-0.2, 0) is 9.53 Å². The number of nitrogens with zero attached hydrogens (tertiary/aromatic N) is 1. The van der Waals surface area contributed by atoms with Gasteiger partial charge in [0.2, 0.25) is 0 Å². The van der Waals surface area contributed by atoms with Crippen molar-refractivity contribution in [3.05, 3.63) is 11.6 Å². The van der Waals surface area contributed by atoms with Gasteiger partial charge in [-0.15, -0.1) is 0 Å². The standard InChI is InChI=1S/C19H29NO4/c1-18(2,3)24-17(23)20-12-14(11-15(20)16(21)22)10-13-4-6-19(7-5-13)8-9-19/h4,14-15H,5-12H2,1-3H3,(H,21,22). The molecule has 1 spiro atoms. The maximum Gasteiger partial charge on any atom is 0.411 e. The Balaban J connectivity index is 1.61. The molecule has 134 valence electrons. The highest BCUT2D eigenvalue weighted by molar-refractivity contribution is 5.81. The number of carbonyl (C=O) groups excluding carboxylic acids is 1. The number of aliphatic carboxylic acids is 1. The third kappa shape index (κ3) is 3.93. The monoisotopic (exact) mass is 335 g/mol. The lowest BCUT2D eigenvalue weighted by atomic mass is 9.83. The molecule has 24 heavy (non-hydrogen) atoms. The molecule has 1 saturated carbocycles. The van der Waals surface area contributed by atoms with Gasteiger partial charge < -0.3 is 9.84 Å². The van der Waals surface area contributed by atoms with Crippen LogP contribution in [0, 0.1) is 11.3 Å². The first-order valence-corrected chi connectivity index (χ1v) is 9.08. The van der Waals surface area contributed by atoms with E-state index in [4.69, 9.17) is 4.74 Å². The van der Waals surface area contributed by atoms with Crippen molar-refractivity contribution in [3.8, 4) is 0 Å². The van der Waals surface area contributed by atoms with E-state index in [1.165, 1.54) is 36.2 Å². The molecule has 3 aliphatic rings. The quantitative estimate of drug-likeness (QED) is 0.792. The van der Waals surface area contributed by atoms with Gasteiger partial charge in [0.05, 0.1) is 0 Å². The molecule has 0 radical (unpaired) electrons. The van der Waals surface area contributed by atoms with Crippen molar-refractivity contribution >= 4 is 12.1 Å². The largest absolute Gasteiger partial charge is 0.480 e. The molecule has 1 amide bonds. The zero-order valence-corrected chi connectivity index (χ0v) is 15.0. The highest BCUT2D eigenvalue weighted by Gasteiger charge is 2.44. The zero-order chi connectivity index (χ0) is 17.5. The first-order chi connectivity index (χ1) is 11.2. The molecule has 0 bridgehead atoms. The third-order valence-electron chi connectivity index (χ3n) is 5.61. The molecule has 5 nitrogen and oxygen atoms in total. The maximum absolute atomic E-state index is 12.3. The van der Waals surface area contributed by atoms with Crippen molar-refractivity contribution < 1.29 is 19.4 Å². The number of likely N-dealkylation sites (tertiary alicyclic amines) is 1. The van der Waals surface area contributed by atoms with Gasteiger partial charge in [-0.3, -0.25) is 4.90 Å². The Bertz CT molecular complexity index is 556. The van der Waals surface area contributed by atoms with Gasteiger partial charge in [0, 0.05) is 6.54 Å². The Morgan fingerprint density at radius 3 is 2.54 bits per heavy atom. The highest BCUT2D eigenvalue weighted by Crippen LogP contribution is 2.56. The van der Waals surface area contributed by atoms with Crippen LogP contribution >= 0.6 is 0 Å². The number of ether oxygens (including phenoxy) is 1. The molecule has 1 N–H and O–H groups in total. The van der Waals surface area contributed by atoms with Crippen LogP contribution in [0.4, 0.5) is 4.79 Å². The van der Waals surface area contributed by atoms with Gasteiger partial charge in [-0.05, 0) is 77.0 Å². The number of hydrogen-bond donors (Lipinski definition) is 1. The van der Waals surface area contributed by atoms with Gasteiger partial charge in [0.25, 0.3) is 0 Å². The Morgan fingerprint density at radius 1 is 1.33 bits per heavy atom. The Kier molecular flexibility index (Phi) is 4.39. The Labute approximate surface area is 144 Å². The van der Waals surface area contributed by atoms with E-state index >= 15 is 0 Å². The molecule has 2 atom stereocenters. The van der Waals surface area contributed by atoms with Gasteiger partial charge >= 0.3 is 12.1 Å². The maximum atomic E-state index is 12.3. The van der Waals surface area contributed by atoms with Crippen molar-refractivity contribution in [2.45, 2.75) is 77.4 Å². The molecular formula is C19H29NO4. The van der Waals surface area contributed by atoms with Crippen molar-refractivity contribution in [1.29, 1.82) is 0 Å². The summed E-state index contributed by atoms with van der Waals surface area (Å²) in [5.74, 6) is -0.712. The van der Waals surface area contributed by atoms with Gasteiger partial charge in [-0.1, -0.05) is 11.6 Å². The molecule has 1 heterocycles. The Hall–Kier alpha value is -1.52. The van der Waals surface area contributed by atoms with Gasteiger partial charge in [-0.25, -0.2) is 9.59 Å². The summed E-state index contributed by atoms with van der Waals surface area (Å²) in [5, 5.41) is 9.47. The molecular weight excluding hydrogens is 306 g/mol. The number of allylic oxidation sites excluding steroid dienone is 2. The number of carboxylic acid groups (broad SMARTS) is 1. The number of carboxylic acids is 1. The van der Waals surface area contributed by atoms with Gasteiger partial charge in [-0.2, -0.15) is 0 Å². The van der Waals surface area contributed by atoms with Crippen LogP contribution in [-0.4, -0.2) is 40.3 Å². The average Bonchev–Trinajstić information content (AvgIpc) is 3.07. The SMILES string of the molecule is CC(C)(C)OC(=O)N1CC(CC2=CCC3(CC2)CC3)CC1C(=O)O. The molecule has 0 aromatic heterocycles. The molecule has 5 heteroatoms. The smallest absolute Gasteiger partial charge is 0.411 e. The Morgan fingerprint density at radius 2 is 2.04 bits per heavy atom. The van der Waals surface area contributed by atoms with Crippen LogP contribution in [0.15, 0.2) is 11.6 Å². The molecule has 0 aromatic rings. The minimum atomic E-state index is -0.932. The van der Waals surface area contributed by atoms with Crippen LogP contribution in [0.5, 0.6) is 0 Å². The summed E-state index contributed by atoms with van der Waals surface area (Å²) in [6.07, 6.45) is 9.66. The first kappa shape index (κ1) is 17.3. The van der Waals surface area contributed by atoms with E-state index in [9.17, 15) is 14.7 Å². The second kappa shape index (κ2) is 6.08. The second-order valence-corrected chi connectivity index (χ2v) is 8.86. The summed E-state index contributed by atoms with van der Waals surface area (Å²) in [4.78, 5) is 25.3. The van der Waals surface area contributed by atoms with E-state index in [0.717, 1.165) is 12.8 Å². The summed E-state index contributed by atoms with van der Waals surface area (Å²) in [7, 11) is 0. The van der Waals surface area contributed by atoms with Gasteiger partial charge in [0.15, 0.2) is 0 Å². The molecule has 2 unspecified atom stereocenters. The fraction of sp³-hybridized carbons (Fsp3) is 0.789. The fourth-order valence-electron chi connectivity index (χ4n) is 4.01. The number of hydrogen-bond acceptors (Lipinski definition) is 3. The van der Waals surface area contributed by atoms with Crippen LogP contribution in [0.3, 0.4) is 0 Å². The minimum absolute atomic E-state index is 0.220. The van der Waals surface area contributed by atoms with E-state index in [-0.39, 0.29) is 5.92 Å². The lowest BCUT2D eigenvalue weighted by Gasteiger charge is -2.27. The average molecular weight is 335 g/mol. The minimum Gasteiger partial charge on any atom is -0.480 e. The number of rotatable bonds is 3. The topological polar surface area (TPSA) is 66.8 Å². The second-order valence-electron chi connectivity index (χ2n) is 8.86. The van der Waals surface area contributed by atoms with Crippen LogP contribution < -0.4 is 0 Å². The molecule has 2 fully saturated rings. The van der Waals surface area contributed by atoms with Crippen molar-refractivity contribution in [2.24, 2.45) is 11.3 Å². The van der Waals surface area contributed by atoms with E-state index in [1.54, 1.807) is 20.8 Å². The van der Waals surface area contributed by atoms with Crippen LogP contribution in [0.2, 0.25) is 0 Å². The fourth-order valence-corrected chi connectivity index (χ4v) is 4.01. The molecule has 1 saturated heterocycles. The van der Waals surface area contributed by atoms with Crippen LogP contribution in [0.1, 0.15) is 65.7 Å². The predicted molar refractivity (Wildman–Crippen MR) is 90.7 cm³/mol. The van der Waals surface area contributed by atoms with Crippen LogP contribution in [0.25, 0.3) is 0 Å². The predicted octanol–water partition coefficient (Wildman–Crippen LogP) is 3.98. The van der Waals surface area contributed by atoms with Crippen molar-refractivity contribution in [1.82, 2.24) is 4.90 Å². The number of carbonyl (C=O) groups is 2.